The van der Waals surface area contributed by atoms with Crippen molar-refractivity contribution in [1.82, 2.24) is 15.0 Å². The molecule has 0 radical (unpaired) electrons. The summed E-state index contributed by atoms with van der Waals surface area (Å²) in [5.41, 5.74) is 3.01. The molecular weight excluding hydrogens is 385 g/mol. The average molecular weight is 409 g/mol. The first-order chi connectivity index (χ1) is 14.5. The molecule has 2 amide bonds. The molecule has 1 saturated heterocycles. The van der Waals surface area contributed by atoms with E-state index in [1.54, 1.807) is 24.0 Å². The molecule has 30 heavy (non-hydrogen) atoms. The van der Waals surface area contributed by atoms with Crippen LogP contribution in [0.2, 0.25) is 0 Å². The van der Waals surface area contributed by atoms with Gasteiger partial charge in [-0.05, 0) is 48.9 Å². The Hall–Kier alpha value is -3.42. The van der Waals surface area contributed by atoms with Crippen LogP contribution in [0.5, 0.6) is 0 Å². The first-order valence-corrected chi connectivity index (χ1v) is 10.0. The van der Waals surface area contributed by atoms with E-state index >= 15 is 0 Å². The number of aryl methyl sites for hydroxylation is 2. The van der Waals surface area contributed by atoms with Gasteiger partial charge in [0, 0.05) is 49.5 Å². The molecule has 1 aliphatic rings. The van der Waals surface area contributed by atoms with Gasteiger partial charge in [-0.3, -0.25) is 0 Å². The Morgan fingerprint density at radius 1 is 1.13 bits per heavy atom. The van der Waals surface area contributed by atoms with Crippen LogP contribution in [-0.4, -0.2) is 47.3 Å². The first-order valence-electron chi connectivity index (χ1n) is 10.0. The summed E-state index contributed by atoms with van der Waals surface area (Å²) in [6.45, 7) is 6.28. The number of piperazine rings is 1. The molecule has 0 bridgehead atoms. The van der Waals surface area contributed by atoms with Crippen molar-refractivity contribution in [2.24, 2.45) is 0 Å². The summed E-state index contributed by atoms with van der Waals surface area (Å²) < 4.78 is 18.9. The van der Waals surface area contributed by atoms with E-state index in [0.29, 0.717) is 42.5 Å². The lowest BCUT2D eigenvalue weighted by atomic mass is 10.1. The third kappa shape index (κ3) is 4.27. The number of rotatable bonds is 4. The third-order valence-electron chi connectivity index (χ3n) is 5.25. The second-order valence-electron chi connectivity index (χ2n) is 7.28. The second kappa shape index (κ2) is 8.52. The van der Waals surface area contributed by atoms with Gasteiger partial charge in [0.2, 0.25) is 11.7 Å². The number of carbonyl (C=O) groups excluding carboxylic acids is 1. The predicted molar refractivity (Wildman–Crippen MR) is 113 cm³/mol. The zero-order valence-electron chi connectivity index (χ0n) is 17.1. The molecule has 1 aliphatic heterocycles. The number of nitrogens with one attached hydrogen (secondary N) is 1. The number of nitrogens with zero attached hydrogens (tertiary/aromatic N) is 4. The van der Waals surface area contributed by atoms with Crippen LogP contribution in [-0.2, 0) is 6.42 Å². The van der Waals surface area contributed by atoms with Crippen LogP contribution in [0.15, 0.2) is 47.0 Å². The Kier molecular flexibility index (Phi) is 5.65. The monoisotopic (exact) mass is 409 g/mol. The van der Waals surface area contributed by atoms with E-state index in [-0.39, 0.29) is 11.8 Å². The zero-order chi connectivity index (χ0) is 21.1. The van der Waals surface area contributed by atoms with Gasteiger partial charge in [-0.25, -0.2) is 9.18 Å². The van der Waals surface area contributed by atoms with E-state index in [0.717, 1.165) is 24.3 Å². The van der Waals surface area contributed by atoms with E-state index < -0.39 is 0 Å². The van der Waals surface area contributed by atoms with Crippen LogP contribution in [0.25, 0.3) is 11.4 Å². The van der Waals surface area contributed by atoms with E-state index in [1.807, 2.05) is 31.2 Å². The molecule has 156 valence electrons. The minimum atomic E-state index is -0.326. The Morgan fingerprint density at radius 3 is 2.50 bits per heavy atom. The van der Waals surface area contributed by atoms with Gasteiger partial charge in [-0.15, -0.1) is 0 Å². The average Bonchev–Trinajstić information content (AvgIpc) is 3.26. The van der Waals surface area contributed by atoms with Gasteiger partial charge in [0.25, 0.3) is 0 Å². The summed E-state index contributed by atoms with van der Waals surface area (Å²) in [6, 6.07) is 12.5. The highest BCUT2D eigenvalue weighted by molar-refractivity contribution is 5.89. The Labute approximate surface area is 174 Å². The molecule has 7 nitrogen and oxygen atoms in total. The summed E-state index contributed by atoms with van der Waals surface area (Å²) in [6.07, 6.45) is 0.710. The van der Waals surface area contributed by atoms with Gasteiger partial charge in [-0.2, -0.15) is 4.98 Å². The fourth-order valence-corrected chi connectivity index (χ4v) is 3.38. The van der Waals surface area contributed by atoms with E-state index in [9.17, 15) is 9.18 Å². The summed E-state index contributed by atoms with van der Waals surface area (Å²) in [5.74, 6) is 0.886. The second-order valence-corrected chi connectivity index (χ2v) is 7.28. The lowest BCUT2D eigenvalue weighted by molar-refractivity contribution is 0.208. The van der Waals surface area contributed by atoms with Gasteiger partial charge in [0.05, 0.1) is 0 Å². The van der Waals surface area contributed by atoms with E-state index in [1.165, 1.54) is 6.07 Å². The summed E-state index contributed by atoms with van der Waals surface area (Å²) in [5, 5.41) is 6.77. The van der Waals surface area contributed by atoms with Crippen molar-refractivity contribution in [3.05, 3.63) is 59.7 Å². The number of benzene rings is 2. The third-order valence-corrected chi connectivity index (χ3v) is 5.25. The van der Waals surface area contributed by atoms with Crippen LogP contribution in [0, 0.1) is 12.7 Å². The van der Waals surface area contributed by atoms with Crippen LogP contribution >= 0.6 is 0 Å². The van der Waals surface area contributed by atoms with Gasteiger partial charge >= 0.3 is 6.03 Å². The van der Waals surface area contributed by atoms with Crippen molar-refractivity contribution < 1.29 is 13.7 Å². The highest BCUT2D eigenvalue weighted by Crippen LogP contribution is 2.23. The van der Waals surface area contributed by atoms with Crippen molar-refractivity contribution in [1.29, 1.82) is 0 Å². The lowest BCUT2D eigenvalue weighted by Crippen LogP contribution is -2.50. The largest absolute Gasteiger partial charge is 0.368 e. The summed E-state index contributed by atoms with van der Waals surface area (Å²) in [7, 11) is 0. The topological polar surface area (TPSA) is 74.5 Å². The molecule has 1 N–H and O–H groups in total. The van der Waals surface area contributed by atoms with Crippen LogP contribution in [0.3, 0.4) is 0 Å². The molecule has 1 aromatic heterocycles. The molecule has 1 fully saturated rings. The summed E-state index contributed by atoms with van der Waals surface area (Å²) in [4.78, 5) is 20.8. The fourth-order valence-electron chi connectivity index (χ4n) is 3.38. The molecule has 0 atom stereocenters. The summed E-state index contributed by atoms with van der Waals surface area (Å²) >= 11 is 0. The van der Waals surface area contributed by atoms with Crippen LogP contribution in [0.4, 0.5) is 20.6 Å². The molecule has 0 saturated carbocycles. The predicted octanol–water partition coefficient (Wildman–Crippen LogP) is 4.10. The molecule has 4 rings (SSSR count). The maximum absolute atomic E-state index is 13.7. The number of aromatic nitrogens is 2. The first kappa shape index (κ1) is 19.9. The number of urea groups is 1. The quantitative estimate of drug-likeness (QED) is 0.702. The van der Waals surface area contributed by atoms with Crippen LogP contribution < -0.4 is 10.2 Å². The van der Waals surface area contributed by atoms with Crippen molar-refractivity contribution in [3.63, 3.8) is 0 Å². The molecule has 0 spiro atoms. The van der Waals surface area contributed by atoms with Gasteiger partial charge in [0.15, 0.2) is 0 Å². The van der Waals surface area contributed by atoms with Gasteiger partial charge < -0.3 is 19.6 Å². The standard InChI is InChI=1S/C22H24FN5O2/c1-3-20-25-21(26-30-20)16-5-8-18(9-6-16)27-10-12-28(13-11-27)22(29)24-17-7-4-15(2)19(23)14-17/h4-9,14H,3,10-13H2,1-2H3,(H,24,29). The Balaban J connectivity index is 1.33. The Bertz CT molecular complexity index is 1030. The minimum Gasteiger partial charge on any atom is -0.368 e. The number of carbonyl (C=O) groups is 1. The number of halogens is 1. The van der Waals surface area contributed by atoms with Crippen molar-refractivity contribution >= 4 is 17.4 Å². The molecule has 8 heteroatoms. The van der Waals surface area contributed by atoms with Gasteiger partial charge in [-0.1, -0.05) is 18.1 Å². The Morgan fingerprint density at radius 2 is 1.87 bits per heavy atom. The number of hydrogen-bond donors (Lipinski definition) is 1. The lowest BCUT2D eigenvalue weighted by Gasteiger charge is -2.36. The highest BCUT2D eigenvalue weighted by atomic mass is 19.1. The molecule has 3 aromatic rings. The highest BCUT2D eigenvalue weighted by Gasteiger charge is 2.21. The van der Waals surface area contributed by atoms with Crippen LogP contribution in [0.1, 0.15) is 18.4 Å². The van der Waals surface area contributed by atoms with Crippen molar-refractivity contribution in [2.75, 3.05) is 36.4 Å². The molecule has 2 aromatic carbocycles. The van der Waals surface area contributed by atoms with E-state index in [4.69, 9.17) is 4.52 Å². The van der Waals surface area contributed by atoms with Gasteiger partial charge in [0.1, 0.15) is 5.82 Å². The molecule has 0 unspecified atom stereocenters. The van der Waals surface area contributed by atoms with Crippen molar-refractivity contribution in [3.8, 4) is 11.4 Å². The molecule has 0 aliphatic carbocycles. The number of anilines is 2. The number of hydrogen-bond acceptors (Lipinski definition) is 5. The maximum atomic E-state index is 13.7. The minimum absolute atomic E-state index is 0.211. The van der Waals surface area contributed by atoms with E-state index in [2.05, 4.69) is 20.4 Å². The molecular formula is C22H24FN5O2. The number of amides is 2. The maximum Gasteiger partial charge on any atom is 0.321 e. The fraction of sp³-hybridized carbons (Fsp3) is 0.318. The SMILES string of the molecule is CCc1nc(-c2ccc(N3CCN(C(=O)Nc4ccc(C)c(F)c4)CC3)cc2)no1. The smallest absolute Gasteiger partial charge is 0.321 e. The van der Waals surface area contributed by atoms with Crippen molar-refractivity contribution in [2.45, 2.75) is 20.3 Å². The molecule has 2 heterocycles. The normalized spacial score (nSPS) is 14.1. The zero-order valence-corrected chi connectivity index (χ0v) is 17.1.